The number of amides is 2. The van der Waals surface area contributed by atoms with Crippen LogP contribution in [-0.2, 0) is 29.2 Å². The second-order valence-electron chi connectivity index (χ2n) is 4.76. The van der Waals surface area contributed by atoms with Crippen molar-refractivity contribution in [3.8, 4) is 0 Å². The summed E-state index contributed by atoms with van der Waals surface area (Å²) in [5, 5.41) is 4.13. The van der Waals surface area contributed by atoms with Gasteiger partial charge in [-0.05, 0) is 6.08 Å². The topological polar surface area (TPSA) is 80.4 Å². The zero-order valence-electron chi connectivity index (χ0n) is 11.6. The van der Waals surface area contributed by atoms with Gasteiger partial charge in [-0.15, -0.1) is 0 Å². The van der Waals surface area contributed by atoms with Crippen molar-refractivity contribution in [1.29, 1.82) is 0 Å². The Kier molecular flexibility index (Phi) is 3.73. The maximum atomic E-state index is 12.1. The van der Waals surface area contributed by atoms with Gasteiger partial charge in [0.25, 0.3) is 0 Å². The lowest BCUT2D eigenvalue weighted by molar-refractivity contribution is -0.129. The number of rotatable bonds is 3. The van der Waals surface area contributed by atoms with Crippen LogP contribution in [0.4, 0.5) is 0 Å². The predicted molar refractivity (Wildman–Crippen MR) is 70.8 cm³/mol. The summed E-state index contributed by atoms with van der Waals surface area (Å²) in [6.45, 7) is 4.41. The quantitative estimate of drug-likeness (QED) is 0.641. The summed E-state index contributed by atoms with van der Waals surface area (Å²) in [4.78, 5) is 38.2. The minimum atomic E-state index is -0.319. The summed E-state index contributed by atoms with van der Waals surface area (Å²) in [5.41, 5.74) is -0.319. The highest BCUT2D eigenvalue weighted by molar-refractivity contribution is 5.86. The predicted octanol–water partition coefficient (Wildman–Crippen LogP) is -1.34. The van der Waals surface area contributed by atoms with E-state index in [1.165, 1.54) is 15.5 Å². The van der Waals surface area contributed by atoms with Crippen molar-refractivity contribution < 1.29 is 9.59 Å². The molecule has 0 spiro atoms. The molecular formula is C12H17N5O3. The fraction of sp³-hybridized carbons (Fsp3) is 0.500. The van der Waals surface area contributed by atoms with E-state index >= 15 is 0 Å². The molecule has 0 atom stereocenters. The van der Waals surface area contributed by atoms with Crippen LogP contribution in [0.25, 0.3) is 0 Å². The van der Waals surface area contributed by atoms with Crippen LogP contribution >= 0.6 is 0 Å². The van der Waals surface area contributed by atoms with Gasteiger partial charge in [0.15, 0.2) is 5.82 Å². The molecule has 8 nitrogen and oxygen atoms in total. The van der Waals surface area contributed by atoms with Crippen LogP contribution in [-0.4, -0.2) is 56.6 Å². The Morgan fingerprint density at radius 1 is 1.40 bits per heavy atom. The highest BCUT2D eigenvalue weighted by atomic mass is 16.2. The summed E-state index contributed by atoms with van der Waals surface area (Å²) in [6, 6.07) is 0. The molecule has 0 saturated carbocycles. The second kappa shape index (κ2) is 5.32. The van der Waals surface area contributed by atoms with E-state index in [9.17, 15) is 14.4 Å². The molecule has 0 aromatic carbocycles. The molecule has 0 aliphatic carbocycles. The Balaban J connectivity index is 2.23. The molecule has 2 rings (SSSR count). The molecule has 0 unspecified atom stereocenters. The van der Waals surface area contributed by atoms with Crippen molar-refractivity contribution >= 4 is 11.8 Å². The van der Waals surface area contributed by atoms with Crippen LogP contribution < -0.4 is 5.69 Å². The zero-order chi connectivity index (χ0) is 14.9. The Labute approximate surface area is 115 Å². The number of fused-ring (bicyclic) bond motifs is 1. The van der Waals surface area contributed by atoms with Crippen molar-refractivity contribution in [2.24, 2.45) is 0 Å². The van der Waals surface area contributed by atoms with E-state index in [2.05, 4.69) is 11.7 Å². The highest BCUT2D eigenvalue weighted by Gasteiger charge is 2.24. The van der Waals surface area contributed by atoms with Gasteiger partial charge in [-0.3, -0.25) is 14.2 Å². The minimum absolute atomic E-state index is 0.0960. The van der Waals surface area contributed by atoms with Crippen LogP contribution in [0.3, 0.4) is 0 Å². The highest BCUT2D eigenvalue weighted by Crippen LogP contribution is 2.08. The second-order valence-corrected chi connectivity index (χ2v) is 4.76. The molecule has 0 bridgehead atoms. The van der Waals surface area contributed by atoms with Crippen molar-refractivity contribution in [3.63, 3.8) is 0 Å². The number of likely N-dealkylation sites (N-methyl/N-ethyl adjacent to an activating group) is 1. The van der Waals surface area contributed by atoms with Gasteiger partial charge in [0.05, 0.1) is 6.54 Å². The van der Waals surface area contributed by atoms with Gasteiger partial charge in [0.2, 0.25) is 11.8 Å². The lowest BCUT2D eigenvalue weighted by atomic mass is 10.3. The number of aromatic nitrogens is 3. The molecule has 8 heteroatoms. The van der Waals surface area contributed by atoms with Crippen LogP contribution in [0.15, 0.2) is 17.4 Å². The minimum Gasteiger partial charge on any atom is -0.347 e. The normalized spacial score (nSPS) is 13.8. The van der Waals surface area contributed by atoms with E-state index in [-0.39, 0.29) is 30.6 Å². The summed E-state index contributed by atoms with van der Waals surface area (Å²) < 4.78 is 2.63. The molecule has 20 heavy (non-hydrogen) atoms. The number of carbonyl (C=O) groups is 2. The van der Waals surface area contributed by atoms with E-state index in [4.69, 9.17) is 0 Å². The maximum Gasteiger partial charge on any atom is 0.346 e. The fourth-order valence-electron chi connectivity index (χ4n) is 1.99. The van der Waals surface area contributed by atoms with Crippen molar-refractivity contribution in [3.05, 3.63) is 29.0 Å². The van der Waals surface area contributed by atoms with E-state index in [0.717, 1.165) is 4.68 Å². The Hall–Kier alpha value is -2.38. The largest absolute Gasteiger partial charge is 0.347 e. The molecule has 1 aromatic heterocycles. The molecule has 1 aliphatic rings. The van der Waals surface area contributed by atoms with Gasteiger partial charge in [0.1, 0.15) is 6.54 Å². The van der Waals surface area contributed by atoms with E-state index < -0.39 is 0 Å². The first-order valence-corrected chi connectivity index (χ1v) is 6.22. The van der Waals surface area contributed by atoms with Gasteiger partial charge in [-0.25, -0.2) is 9.48 Å². The molecule has 1 aliphatic heterocycles. The average molecular weight is 279 g/mol. The summed E-state index contributed by atoms with van der Waals surface area (Å²) in [5.74, 6) is 0.0900. The van der Waals surface area contributed by atoms with E-state index in [1.54, 1.807) is 19.0 Å². The van der Waals surface area contributed by atoms with Gasteiger partial charge in [0, 0.05) is 27.2 Å². The Morgan fingerprint density at radius 3 is 2.70 bits per heavy atom. The van der Waals surface area contributed by atoms with Crippen molar-refractivity contribution in [2.45, 2.75) is 19.6 Å². The lowest BCUT2D eigenvalue weighted by Crippen LogP contribution is -2.40. The third-order valence-corrected chi connectivity index (χ3v) is 3.20. The number of carbonyl (C=O) groups excluding carboxylic acids is 2. The standard InChI is InChI=1S/C12H17N5O3/c1-4-10(18)15-5-6-16-9(7-15)13-17(12(16)20)8-11(19)14(2)3/h4H,1,5-8H2,2-3H3. The van der Waals surface area contributed by atoms with E-state index in [0.29, 0.717) is 18.9 Å². The lowest BCUT2D eigenvalue weighted by Gasteiger charge is -2.25. The van der Waals surface area contributed by atoms with Crippen LogP contribution in [0.2, 0.25) is 0 Å². The van der Waals surface area contributed by atoms with Crippen LogP contribution in [0.1, 0.15) is 5.82 Å². The van der Waals surface area contributed by atoms with Crippen molar-refractivity contribution in [2.75, 3.05) is 20.6 Å². The van der Waals surface area contributed by atoms with Gasteiger partial charge < -0.3 is 9.80 Å². The third-order valence-electron chi connectivity index (χ3n) is 3.20. The molecule has 0 saturated heterocycles. The molecule has 2 amide bonds. The summed E-state index contributed by atoms with van der Waals surface area (Å²) >= 11 is 0. The molecule has 2 heterocycles. The number of nitrogens with zero attached hydrogens (tertiary/aromatic N) is 5. The molecule has 0 N–H and O–H groups in total. The molecular weight excluding hydrogens is 262 g/mol. The first-order chi connectivity index (χ1) is 9.43. The molecule has 0 radical (unpaired) electrons. The first kappa shape index (κ1) is 14.0. The average Bonchev–Trinajstić information content (AvgIpc) is 2.73. The summed E-state index contributed by atoms with van der Waals surface area (Å²) in [6.07, 6.45) is 1.24. The Bertz CT molecular complexity index is 613. The molecule has 108 valence electrons. The van der Waals surface area contributed by atoms with Gasteiger partial charge >= 0.3 is 5.69 Å². The van der Waals surface area contributed by atoms with E-state index in [1.807, 2.05) is 0 Å². The van der Waals surface area contributed by atoms with Gasteiger partial charge in [-0.2, -0.15) is 5.10 Å². The van der Waals surface area contributed by atoms with Crippen LogP contribution in [0.5, 0.6) is 0 Å². The Morgan fingerprint density at radius 2 is 2.10 bits per heavy atom. The molecule has 0 fully saturated rings. The number of hydrogen-bond donors (Lipinski definition) is 0. The maximum absolute atomic E-state index is 12.1. The van der Waals surface area contributed by atoms with Crippen LogP contribution in [0, 0.1) is 0 Å². The monoisotopic (exact) mass is 279 g/mol. The third kappa shape index (κ3) is 2.49. The summed E-state index contributed by atoms with van der Waals surface area (Å²) in [7, 11) is 3.24. The smallest absolute Gasteiger partial charge is 0.346 e. The first-order valence-electron chi connectivity index (χ1n) is 6.22. The van der Waals surface area contributed by atoms with Gasteiger partial charge in [-0.1, -0.05) is 6.58 Å². The van der Waals surface area contributed by atoms with Crippen molar-refractivity contribution in [1.82, 2.24) is 24.1 Å². The zero-order valence-corrected chi connectivity index (χ0v) is 11.6. The SMILES string of the molecule is C=CC(=O)N1CCn2c(nn(CC(=O)N(C)C)c2=O)C1. The number of hydrogen-bond acceptors (Lipinski definition) is 4. The molecule has 1 aromatic rings. The fourth-order valence-corrected chi connectivity index (χ4v) is 1.99.